The zero-order valence-corrected chi connectivity index (χ0v) is 13.7. The van der Waals surface area contributed by atoms with Gasteiger partial charge in [-0.15, -0.1) is 0 Å². The summed E-state index contributed by atoms with van der Waals surface area (Å²) in [7, 11) is 1.58. The van der Waals surface area contributed by atoms with Crippen molar-refractivity contribution >= 4 is 12.0 Å². The van der Waals surface area contributed by atoms with E-state index in [1.807, 2.05) is 12.1 Å². The summed E-state index contributed by atoms with van der Waals surface area (Å²) < 4.78 is 16.5. The Labute approximate surface area is 140 Å². The quantitative estimate of drug-likeness (QED) is 0.850. The maximum atomic E-state index is 12.4. The van der Waals surface area contributed by atoms with E-state index in [0.717, 1.165) is 18.4 Å². The molecule has 0 aromatic heterocycles. The molecule has 1 unspecified atom stereocenters. The van der Waals surface area contributed by atoms with Crippen molar-refractivity contribution < 1.29 is 24.1 Å². The zero-order chi connectivity index (χ0) is 16.7. The van der Waals surface area contributed by atoms with Gasteiger partial charge in [0.15, 0.2) is 11.5 Å². The molecule has 0 bridgehead atoms. The van der Waals surface area contributed by atoms with Crippen LogP contribution in [-0.2, 0) is 4.79 Å². The summed E-state index contributed by atoms with van der Waals surface area (Å²) in [6.07, 6.45) is 4.93. The van der Waals surface area contributed by atoms with Crippen LogP contribution in [-0.4, -0.2) is 55.4 Å². The van der Waals surface area contributed by atoms with Crippen molar-refractivity contribution in [3.05, 3.63) is 23.8 Å². The number of carbonyl (C=O) groups is 1. The molecule has 1 aliphatic carbocycles. The molecule has 0 radical (unpaired) electrons. The Bertz CT molecular complexity index is 678. The average molecular weight is 331 g/mol. The molecule has 24 heavy (non-hydrogen) atoms. The van der Waals surface area contributed by atoms with Crippen LogP contribution in [0.4, 0.5) is 0 Å². The number of aliphatic hydroxyl groups is 1. The minimum absolute atomic E-state index is 0.0241. The van der Waals surface area contributed by atoms with Crippen molar-refractivity contribution in [2.24, 2.45) is 5.41 Å². The second kappa shape index (κ2) is 5.70. The van der Waals surface area contributed by atoms with E-state index in [1.54, 1.807) is 24.2 Å². The van der Waals surface area contributed by atoms with Gasteiger partial charge in [-0.25, -0.2) is 0 Å². The fourth-order valence-corrected chi connectivity index (χ4v) is 3.43. The second-order valence-corrected chi connectivity index (χ2v) is 6.68. The summed E-state index contributed by atoms with van der Waals surface area (Å²) in [6.45, 7) is 2.07. The molecule has 4 rings (SSSR count). The monoisotopic (exact) mass is 331 g/mol. The largest absolute Gasteiger partial charge is 0.493 e. The molecule has 1 amide bonds. The Balaban J connectivity index is 1.50. The number of nitrogens with zero attached hydrogens (tertiary/aromatic N) is 1. The number of fused-ring (bicyclic) bond motifs is 1. The molecule has 1 saturated carbocycles. The van der Waals surface area contributed by atoms with Gasteiger partial charge in [0.1, 0.15) is 13.2 Å². The van der Waals surface area contributed by atoms with E-state index < -0.39 is 0 Å². The minimum atomic E-state index is -0.385. The van der Waals surface area contributed by atoms with E-state index in [0.29, 0.717) is 43.6 Å². The van der Waals surface area contributed by atoms with Crippen molar-refractivity contribution in [3.63, 3.8) is 0 Å². The fraction of sp³-hybridized carbons (Fsp3) is 0.500. The third-order valence-corrected chi connectivity index (χ3v) is 5.08. The number of ether oxygens (including phenoxy) is 3. The average Bonchev–Trinajstić information content (AvgIpc) is 3.31. The first-order valence-electron chi connectivity index (χ1n) is 8.24. The molecule has 1 saturated heterocycles. The molecule has 2 fully saturated rings. The summed E-state index contributed by atoms with van der Waals surface area (Å²) in [5.74, 6) is 1.74. The number of likely N-dealkylation sites (tertiary alicyclic amines) is 1. The maximum Gasteiger partial charge on any atom is 0.246 e. The molecule has 1 aromatic rings. The lowest BCUT2D eigenvalue weighted by atomic mass is 10.0. The van der Waals surface area contributed by atoms with Crippen LogP contribution in [0.15, 0.2) is 18.2 Å². The summed E-state index contributed by atoms with van der Waals surface area (Å²) >= 11 is 0. The first-order chi connectivity index (χ1) is 11.6. The SMILES string of the molecule is COc1cc(/C=C/C(=O)N2CC(O)C3(CC3)C2)cc2c1OCCO2. The van der Waals surface area contributed by atoms with Crippen LogP contribution in [0.5, 0.6) is 17.2 Å². The van der Waals surface area contributed by atoms with Crippen LogP contribution in [0.2, 0.25) is 0 Å². The number of amides is 1. The highest BCUT2D eigenvalue weighted by molar-refractivity contribution is 5.92. The van der Waals surface area contributed by atoms with Crippen LogP contribution in [0, 0.1) is 5.41 Å². The van der Waals surface area contributed by atoms with Gasteiger partial charge in [-0.1, -0.05) is 0 Å². The molecule has 1 aromatic carbocycles. The van der Waals surface area contributed by atoms with Gasteiger partial charge < -0.3 is 24.2 Å². The number of methoxy groups -OCH3 is 1. The lowest BCUT2D eigenvalue weighted by Gasteiger charge is -2.21. The molecule has 6 heteroatoms. The Kier molecular flexibility index (Phi) is 3.64. The van der Waals surface area contributed by atoms with Crippen LogP contribution < -0.4 is 14.2 Å². The molecular weight excluding hydrogens is 310 g/mol. The Morgan fingerprint density at radius 2 is 2.17 bits per heavy atom. The summed E-state index contributed by atoms with van der Waals surface area (Å²) in [5, 5.41) is 10.1. The molecular formula is C18H21NO5. The van der Waals surface area contributed by atoms with Gasteiger partial charge in [-0.2, -0.15) is 0 Å². The number of aliphatic hydroxyl groups excluding tert-OH is 1. The Morgan fingerprint density at radius 3 is 2.88 bits per heavy atom. The van der Waals surface area contributed by atoms with Gasteiger partial charge in [0.05, 0.1) is 13.2 Å². The van der Waals surface area contributed by atoms with Crippen molar-refractivity contribution in [1.82, 2.24) is 4.90 Å². The third kappa shape index (κ3) is 2.60. The minimum Gasteiger partial charge on any atom is -0.493 e. The lowest BCUT2D eigenvalue weighted by Crippen LogP contribution is -2.27. The number of carbonyl (C=O) groups excluding carboxylic acids is 1. The van der Waals surface area contributed by atoms with E-state index >= 15 is 0 Å². The highest BCUT2D eigenvalue weighted by Gasteiger charge is 2.55. The van der Waals surface area contributed by atoms with Gasteiger partial charge in [-0.3, -0.25) is 4.79 Å². The molecule has 2 heterocycles. The van der Waals surface area contributed by atoms with Crippen LogP contribution in [0.25, 0.3) is 6.08 Å². The number of rotatable bonds is 3. The predicted molar refractivity (Wildman–Crippen MR) is 87.3 cm³/mol. The van der Waals surface area contributed by atoms with Gasteiger partial charge in [0, 0.05) is 24.6 Å². The highest BCUT2D eigenvalue weighted by Crippen LogP contribution is 2.52. The number of hydrogen-bond donors (Lipinski definition) is 1. The first kappa shape index (κ1) is 15.3. The normalized spacial score (nSPS) is 23.8. The van der Waals surface area contributed by atoms with Crippen molar-refractivity contribution in [2.45, 2.75) is 18.9 Å². The van der Waals surface area contributed by atoms with Gasteiger partial charge in [-0.05, 0) is 36.6 Å². The van der Waals surface area contributed by atoms with Crippen LogP contribution >= 0.6 is 0 Å². The molecule has 6 nitrogen and oxygen atoms in total. The van der Waals surface area contributed by atoms with Gasteiger partial charge in [0.2, 0.25) is 11.7 Å². The van der Waals surface area contributed by atoms with Crippen molar-refractivity contribution in [2.75, 3.05) is 33.4 Å². The highest BCUT2D eigenvalue weighted by atomic mass is 16.6. The van der Waals surface area contributed by atoms with E-state index in [9.17, 15) is 9.90 Å². The number of benzene rings is 1. The standard InChI is InChI=1S/C18H21NO5/c1-22-13-8-12(9-14-17(13)24-7-6-23-14)2-3-16(21)19-10-15(20)18(11-19)4-5-18/h2-3,8-9,15,20H,4-7,10-11H2,1H3/b3-2+. The first-order valence-corrected chi connectivity index (χ1v) is 8.24. The molecule has 1 N–H and O–H groups in total. The predicted octanol–water partition coefficient (Wildman–Crippen LogP) is 1.46. The van der Waals surface area contributed by atoms with Crippen molar-refractivity contribution in [1.29, 1.82) is 0 Å². The molecule has 2 aliphatic heterocycles. The topological polar surface area (TPSA) is 68.2 Å². The van der Waals surface area contributed by atoms with E-state index in [2.05, 4.69) is 0 Å². The van der Waals surface area contributed by atoms with Crippen LogP contribution in [0.3, 0.4) is 0 Å². The molecule has 1 atom stereocenters. The summed E-state index contributed by atoms with van der Waals surface area (Å²) in [4.78, 5) is 14.1. The maximum absolute atomic E-state index is 12.4. The summed E-state index contributed by atoms with van der Waals surface area (Å²) in [5.41, 5.74) is 0.786. The van der Waals surface area contributed by atoms with E-state index in [1.165, 1.54) is 0 Å². The van der Waals surface area contributed by atoms with Gasteiger partial charge in [0.25, 0.3) is 0 Å². The van der Waals surface area contributed by atoms with Gasteiger partial charge >= 0.3 is 0 Å². The fourth-order valence-electron chi connectivity index (χ4n) is 3.43. The lowest BCUT2D eigenvalue weighted by molar-refractivity contribution is -0.125. The van der Waals surface area contributed by atoms with E-state index in [4.69, 9.17) is 14.2 Å². The number of β-amino-alcohol motifs (C(OH)–C–C–N with tert-alkyl or cyclic N) is 1. The smallest absolute Gasteiger partial charge is 0.246 e. The third-order valence-electron chi connectivity index (χ3n) is 5.08. The molecule has 128 valence electrons. The summed E-state index contributed by atoms with van der Waals surface area (Å²) in [6, 6.07) is 3.65. The van der Waals surface area contributed by atoms with Crippen molar-refractivity contribution in [3.8, 4) is 17.2 Å². The Hall–Kier alpha value is -2.21. The second-order valence-electron chi connectivity index (χ2n) is 6.68. The number of hydrogen-bond acceptors (Lipinski definition) is 5. The zero-order valence-electron chi connectivity index (χ0n) is 13.7. The molecule has 3 aliphatic rings. The molecule has 1 spiro atoms. The van der Waals surface area contributed by atoms with E-state index in [-0.39, 0.29) is 17.4 Å². The van der Waals surface area contributed by atoms with Crippen LogP contribution in [0.1, 0.15) is 18.4 Å². The Morgan fingerprint density at radius 1 is 1.38 bits per heavy atom.